The molecule has 1 aromatic carbocycles. The number of nitrogens with one attached hydrogen (secondary N) is 1. The van der Waals surface area contributed by atoms with E-state index in [2.05, 4.69) is 5.32 Å². The number of aliphatic hydroxyl groups is 1. The Morgan fingerprint density at radius 2 is 2.21 bits per heavy atom. The molecule has 1 aliphatic rings. The Hall–Kier alpha value is -1.35. The highest BCUT2D eigenvalue weighted by Gasteiger charge is 2.31. The van der Waals surface area contributed by atoms with Crippen LogP contribution in [0.5, 0.6) is 0 Å². The van der Waals surface area contributed by atoms with Gasteiger partial charge in [0.15, 0.2) is 0 Å². The lowest BCUT2D eigenvalue weighted by Gasteiger charge is -2.17. The maximum absolute atomic E-state index is 11.5. The van der Waals surface area contributed by atoms with Gasteiger partial charge in [0.2, 0.25) is 0 Å². The third kappa shape index (κ3) is 1.30. The molecule has 2 N–H and O–H groups in total. The van der Waals surface area contributed by atoms with Crippen LogP contribution in [-0.2, 0) is 0 Å². The molecular formula is C11H13NO2. The average Bonchev–Trinajstić information content (AvgIpc) is 2.56. The third-order valence-electron chi connectivity index (χ3n) is 2.63. The Bertz CT molecular complexity index is 362. The van der Waals surface area contributed by atoms with Crippen molar-refractivity contribution >= 4 is 5.91 Å². The Morgan fingerprint density at radius 1 is 1.50 bits per heavy atom. The summed E-state index contributed by atoms with van der Waals surface area (Å²) in [7, 11) is 0. The molecule has 3 heteroatoms. The summed E-state index contributed by atoms with van der Waals surface area (Å²) in [6.45, 7) is 1.90. The van der Waals surface area contributed by atoms with Crippen molar-refractivity contribution in [2.45, 2.75) is 25.5 Å². The molecule has 0 saturated heterocycles. The van der Waals surface area contributed by atoms with Crippen LogP contribution in [0.2, 0.25) is 0 Å². The van der Waals surface area contributed by atoms with E-state index in [-0.39, 0.29) is 11.9 Å². The topological polar surface area (TPSA) is 49.3 Å². The lowest BCUT2D eigenvalue weighted by Crippen LogP contribution is -2.28. The summed E-state index contributed by atoms with van der Waals surface area (Å²) in [5, 5.41) is 12.5. The maximum atomic E-state index is 11.5. The van der Waals surface area contributed by atoms with E-state index in [9.17, 15) is 9.90 Å². The molecular weight excluding hydrogens is 178 g/mol. The molecule has 0 bridgehead atoms. The van der Waals surface area contributed by atoms with Gasteiger partial charge in [0, 0.05) is 5.56 Å². The minimum atomic E-state index is -0.498. The zero-order valence-electron chi connectivity index (χ0n) is 8.03. The molecule has 1 amide bonds. The van der Waals surface area contributed by atoms with Gasteiger partial charge in [0.1, 0.15) is 0 Å². The van der Waals surface area contributed by atoms with Gasteiger partial charge in [-0.15, -0.1) is 0 Å². The number of amides is 1. The second-order valence-electron chi connectivity index (χ2n) is 3.51. The van der Waals surface area contributed by atoms with Crippen molar-refractivity contribution < 1.29 is 9.90 Å². The Morgan fingerprint density at radius 3 is 2.93 bits per heavy atom. The first-order chi connectivity index (χ1) is 6.74. The Kier molecular flexibility index (Phi) is 2.25. The van der Waals surface area contributed by atoms with Crippen molar-refractivity contribution in [3.8, 4) is 0 Å². The van der Waals surface area contributed by atoms with E-state index in [1.54, 1.807) is 6.07 Å². The second kappa shape index (κ2) is 3.42. The second-order valence-corrected chi connectivity index (χ2v) is 3.51. The van der Waals surface area contributed by atoms with Crippen molar-refractivity contribution in [2.24, 2.45) is 0 Å². The van der Waals surface area contributed by atoms with Crippen LogP contribution in [0.25, 0.3) is 0 Å². The van der Waals surface area contributed by atoms with E-state index in [0.717, 1.165) is 5.56 Å². The fourth-order valence-electron chi connectivity index (χ4n) is 1.81. The zero-order valence-corrected chi connectivity index (χ0v) is 8.03. The molecule has 0 aromatic heterocycles. The van der Waals surface area contributed by atoms with E-state index in [1.165, 1.54) is 0 Å². The van der Waals surface area contributed by atoms with Gasteiger partial charge in [-0.3, -0.25) is 4.79 Å². The molecule has 1 aromatic rings. The SMILES string of the molecule is CCC(O)C1NC(=O)c2ccccc21. The molecule has 1 aliphatic heterocycles. The predicted molar refractivity (Wildman–Crippen MR) is 52.9 cm³/mol. The molecule has 0 saturated carbocycles. The largest absolute Gasteiger partial charge is 0.391 e. The molecule has 0 spiro atoms. The maximum Gasteiger partial charge on any atom is 0.252 e. The van der Waals surface area contributed by atoms with Gasteiger partial charge < -0.3 is 10.4 Å². The number of aliphatic hydroxyl groups excluding tert-OH is 1. The van der Waals surface area contributed by atoms with Crippen LogP contribution in [0.15, 0.2) is 24.3 Å². The van der Waals surface area contributed by atoms with E-state index in [0.29, 0.717) is 12.0 Å². The van der Waals surface area contributed by atoms with E-state index in [1.807, 2.05) is 25.1 Å². The molecule has 2 atom stereocenters. The molecule has 3 nitrogen and oxygen atoms in total. The molecule has 2 unspecified atom stereocenters. The van der Waals surface area contributed by atoms with Crippen LogP contribution < -0.4 is 5.32 Å². The average molecular weight is 191 g/mol. The smallest absolute Gasteiger partial charge is 0.252 e. The Labute approximate surface area is 82.8 Å². The highest BCUT2D eigenvalue weighted by Crippen LogP contribution is 2.28. The molecule has 0 fully saturated rings. The first kappa shape index (κ1) is 9.21. The fourth-order valence-corrected chi connectivity index (χ4v) is 1.81. The van der Waals surface area contributed by atoms with Gasteiger partial charge in [-0.25, -0.2) is 0 Å². The first-order valence-electron chi connectivity index (χ1n) is 4.82. The standard InChI is InChI=1S/C11H13NO2/c1-2-9(13)10-7-5-3-4-6-8(7)11(14)12-10/h3-6,9-10,13H,2H2,1H3,(H,12,14). The fraction of sp³-hybridized carbons (Fsp3) is 0.364. The van der Waals surface area contributed by atoms with E-state index >= 15 is 0 Å². The van der Waals surface area contributed by atoms with Crippen molar-refractivity contribution in [2.75, 3.05) is 0 Å². The van der Waals surface area contributed by atoms with Crippen LogP contribution >= 0.6 is 0 Å². The number of hydrogen-bond donors (Lipinski definition) is 2. The van der Waals surface area contributed by atoms with Gasteiger partial charge in [0.25, 0.3) is 5.91 Å². The quantitative estimate of drug-likeness (QED) is 0.739. The number of fused-ring (bicyclic) bond motifs is 1. The van der Waals surface area contributed by atoms with Gasteiger partial charge >= 0.3 is 0 Å². The number of rotatable bonds is 2. The van der Waals surface area contributed by atoms with E-state index in [4.69, 9.17) is 0 Å². The van der Waals surface area contributed by atoms with Crippen LogP contribution in [0, 0.1) is 0 Å². The normalized spacial score (nSPS) is 21.6. The van der Waals surface area contributed by atoms with Gasteiger partial charge in [-0.1, -0.05) is 25.1 Å². The van der Waals surface area contributed by atoms with Crippen molar-refractivity contribution in [3.05, 3.63) is 35.4 Å². The molecule has 0 aliphatic carbocycles. The number of carbonyl (C=O) groups excluding carboxylic acids is 1. The summed E-state index contributed by atoms with van der Waals surface area (Å²) < 4.78 is 0. The summed E-state index contributed by atoms with van der Waals surface area (Å²) in [6, 6.07) is 7.15. The highest BCUT2D eigenvalue weighted by atomic mass is 16.3. The predicted octanol–water partition coefficient (Wildman–Crippen LogP) is 1.24. The van der Waals surface area contributed by atoms with Gasteiger partial charge in [0.05, 0.1) is 12.1 Å². The molecule has 2 rings (SSSR count). The molecule has 14 heavy (non-hydrogen) atoms. The minimum absolute atomic E-state index is 0.0851. The van der Waals surface area contributed by atoms with Crippen LogP contribution in [0.4, 0.5) is 0 Å². The van der Waals surface area contributed by atoms with Crippen molar-refractivity contribution in [3.63, 3.8) is 0 Å². The molecule has 1 heterocycles. The number of benzene rings is 1. The first-order valence-corrected chi connectivity index (χ1v) is 4.82. The molecule has 74 valence electrons. The van der Waals surface area contributed by atoms with Crippen molar-refractivity contribution in [1.82, 2.24) is 5.32 Å². The molecule has 0 radical (unpaired) electrons. The third-order valence-corrected chi connectivity index (χ3v) is 2.63. The van der Waals surface area contributed by atoms with Gasteiger partial charge in [-0.2, -0.15) is 0 Å². The lowest BCUT2D eigenvalue weighted by molar-refractivity contribution is 0.0874. The Balaban J connectivity index is 2.39. The van der Waals surface area contributed by atoms with Crippen LogP contribution in [0.1, 0.15) is 35.3 Å². The van der Waals surface area contributed by atoms with Gasteiger partial charge in [-0.05, 0) is 18.1 Å². The van der Waals surface area contributed by atoms with E-state index < -0.39 is 6.10 Å². The van der Waals surface area contributed by atoms with Crippen LogP contribution in [-0.4, -0.2) is 17.1 Å². The number of hydrogen-bond acceptors (Lipinski definition) is 2. The summed E-state index contributed by atoms with van der Waals surface area (Å²) in [5.74, 6) is -0.0851. The highest BCUT2D eigenvalue weighted by molar-refractivity contribution is 5.99. The van der Waals surface area contributed by atoms with Crippen molar-refractivity contribution in [1.29, 1.82) is 0 Å². The summed E-state index contributed by atoms with van der Waals surface area (Å²) >= 11 is 0. The summed E-state index contributed by atoms with van der Waals surface area (Å²) in [4.78, 5) is 11.5. The summed E-state index contributed by atoms with van der Waals surface area (Å²) in [6.07, 6.45) is 0.141. The minimum Gasteiger partial charge on any atom is -0.391 e. The summed E-state index contributed by atoms with van der Waals surface area (Å²) in [5.41, 5.74) is 1.59. The number of carbonyl (C=O) groups is 1. The lowest BCUT2D eigenvalue weighted by atomic mass is 9.99. The van der Waals surface area contributed by atoms with Crippen LogP contribution in [0.3, 0.4) is 0 Å². The zero-order chi connectivity index (χ0) is 10.1. The monoisotopic (exact) mass is 191 g/mol.